The minimum absolute atomic E-state index is 0. The van der Waals surface area contributed by atoms with Crippen molar-refractivity contribution in [1.29, 1.82) is 0 Å². The van der Waals surface area contributed by atoms with E-state index in [1.54, 1.807) is 6.07 Å². The van der Waals surface area contributed by atoms with Crippen LogP contribution in [0.25, 0.3) is 0 Å². The predicted molar refractivity (Wildman–Crippen MR) is 100 cm³/mol. The summed E-state index contributed by atoms with van der Waals surface area (Å²) in [6.07, 6.45) is 5.66. The lowest BCUT2D eigenvalue weighted by atomic mass is 9.48. The number of hydrogen-bond donors (Lipinski definition) is 3. The lowest BCUT2D eigenvalue weighted by Gasteiger charge is -2.64. The van der Waals surface area contributed by atoms with Gasteiger partial charge in [-0.15, -0.1) is 12.4 Å². The van der Waals surface area contributed by atoms with E-state index < -0.39 is 11.0 Å². The summed E-state index contributed by atoms with van der Waals surface area (Å²) in [6, 6.07) is 3.84. The standard InChI is InChI=1S/C20H26N2O3.ClH/c21-13-5-6-20(24)15-9-12-3-4-14(23)17-16(12)19(20,18(13)25-17)7-8-22(15)10-11-1-2-11;/h3-4,11,13,15,18,23-24H,1-2,5-10,21H2;1H/t13-,15+,18-,19-,20+;/m0./s1. The summed E-state index contributed by atoms with van der Waals surface area (Å²) in [4.78, 5) is 2.55. The Morgan fingerprint density at radius 2 is 2.04 bits per heavy atom. The molecule has 142 valence electrons. The van der Waals surface area contributed by atoms with Crippen LogP contribution in [-0.2, 0) is 11.8 Å². The number of ether oxygens (including phenoxy) is 1. The smallest absolute Gasteiger partial charge is 0.165 e. The average Bonchev–Trinajstić information content (AvgIpc) is 3.32. The molecule has 0 aromatic heterocycles. The van der Waals surface area contributed by atoms with Crippen molar-refractivity contribution >= 4 is 12.4 Å². The van der Waals surface area contributed by atoms with Crippen LogP contribution in [0.4, 0.5) is 0 Å². The highest BCUT2D eigenvalue weighted by Gasteiger charge is 2.72. The monoisotopic (exact) mass is 378 g/mol. The number of phenols is 1. The van der Waals surface area contributed by atoms with Crippen LogP contribution >= 0.6 is 12.4 Å². The van der Waals surface area contributed by atoms with Crippen LogP contribution in [0.1, 0.15) is 43.2 Å². The van der Waals surface area contributed by atoms with Crippen LogP contribution in [0.5, 0.6) is 11.5 Å². The molecule has 6 heteroatoms. The van der Waals surface area contributed by atoms with Crippen LogP contribution in [0.2, 0.25) is 0 Å². The Morgan fingerprint density at radius 3 is 2.81 bits per heavy atom. The molecule has 6 rings (SSSR count). The number of benzene rings is 1. The second-order valence-electron chi connectivity index (χ2n) is 8.99. The van der Waals surface area contributed by atoms with E-state index in [9.17, 15) is 10.2 Å². The van der Waals surface area contributed by atoms with E-state index in [0.717, 1.165) is 50.3 Å². The fourth-order valence-electron chi connectivity index (χ4n) is 6.52. The topological polar surface area (TPSA) is 79.0 Å². The van der Waals surface area contributed by atoms with Crippen LogP contribution in [-0.4, -0.2) is 52.0 Å². The van der Waals surface area contributed by atoms with E-state index in [4.69, 9.17) is 10.5 Å². The number of nitrogens with zero attached hydrogens (tertiary/aromatic N) is 1. The van der Waals surface area contributed by atoms with Gasteiger partial charge in [0.2, 0.25) is 0 Å². The summed E-state index contributed by atoms with van der Waals surface area (Å²) >= 11 is 0. The first-order valence-electron chi connectivity index (χ1n) is 9.78. The maximum absolute atomic E-state index is 12.1. The average molecular weight is 379 g/mol. The molecule has 26 heavy (non-hydrogen) atoms. The molecule has 4 N–H and O–H groups in total. The molecule has 1 spiro atoms. The van der Waals surface area contributed by atoms with Gasteiger partial charge in [0.05, 0.1) is 11.0 Å². The van der Waals surface area contributed by atoms with Crippen molar-refractivity contribution in [3.8, 4) is 11.5 Å². The molecule has 2 saturated carbocycles. The zero-order valence-electron chi connectivity index (χ0n) is 14.9. The highest BCUT2D eigenvalue weighted by Crippen LogP contribution is 2.65. The highest BCUT2D eigenvalue weighted by atomic mass is 35.5. The lowest BCUT2D eigenvalue weighted by Crippen LogP contribution is -2.77. The number of phenolic OH excluding ortho intramolecular Hbond substituents is 1. The van der Waals surface area contributed by atoms with Crippen molar-refractivity contribution in [2.75, 3.05) is 13.1 Å². The molecule has 5 atom stereocenters. The Hall–Kier alpha value is -1.01. The molecule has 0 unspecified atom stereocenters. The quantitative estimate of drug-likeness (QED) is 0.730. The summed E-state index contributed by atoms with van der Waals surface area (Å²) < 4.78 is 6.26. The highest BCUT2D eigenvalue weighted by molar-refractivity contribution is 5.85. The van der Waals surface area contributed by atoms with Gasteiger partial charge in [-0.2, -0.15) is 0 Å². The second-order valence-corrected chi connectivity index (χ2v) is 8.99. The molecule has 2 heterocycles. The van der Waals surface area contributed by atoms with E-state index in [2.05, 4.69) is 4.90 Å². The van der Waals surface area contributed by atoms with Crippen molar-refractivity contribution in [1.82, 2.24) is 4.90 Å². The van der Waals surface area contributed by atoms with Crippen molar-refractivity contribution in [3.63, 3.8) is 0 Å². The van der Waals surface area contributed by atoms with E-state index >= 15 is 0 Å². The Bertz CT molecular complexity index is 770. The third-order valence-corrected chi connectivity index (χ3v) is 7.81. The zero-order valence-corrected chi connectivity index (χ0v) is 15.7. The van der Waals surface area contributed by atoms with Crippen molar-refractivity contribution in [3.05, 3.63) is 23.3 Å². The number of aromatic hydroxyl groups is 1. The van der Waals surface area contributed by atoms with Crippen molar-refractivity contribution in [2.45, 2.75) is 67.7 Å². The van der Waals surface area contributed by atoms with E-state index in [0.29, 0.717) is 5.75 Å². The van der Waals surface area contributed by atoms with Crippen LogP contribution in [0.15, 0.2) is 12.1 Å². The van der Waals surface area contributed by atoms with Gasteiger partial charge >= 0.3 is 0 Å². The molecule has 3 aliphatic carbocycles. The minimum atomic E-state index is -0.799. The van der Waals surface area contributed by atoms with Crippen LogP contribution < -0.4 is 10.5 Å². The number of nitrogens with two attached hydrogens (primary N) is 1. The van der Waals surface area contributed by atoms with Gasteiger partial charge in [-0.3, -0.25) is 4.90 Å². The first kappa shape index (κ1) is 17.1. The largest absolute Gasteiger partial charge is 0.504 e. The van der Waals surface area contributed by atoms with Gasteiger partial charge in [0.15, 0.2) is 11.5 Å². The number of likely N-dealkylation sites (tertiary alicyclic amines) is 1. The molecule has 3 fully saturated rings. The van der Waals surface area contributed by atoms with Gasteiger partial charge in [0, 0.05) is 24.2 Å². The summed E-state index contributed by atoms with van der Waals surface area (Å²) in [5.41, 5.74) is 7.53. The molecule has 5 nitrogen and oxygen atoms in total. The van der Waals surface area contributed by atoms with Gasteiger partial charge in [0.25, 0.3) is 0 Å². The summed E-state index contributed by atoms with van der Waals surface area (Å²) in [7, 11) is 0. The summed E-state index contributed by atoms with van der Waals surface area (Å²) in [5.74, 6) is 1.60. The summed E-state index contributed by atoms with van der Waals surface area (Å²) in [5, 5.41) is 22.5. The maximum atomic E-state index is 12.1. The molecular formula is C20H27ClN2O3. The number of hydrogen-bond acceptors (Lipinski definition) is 5. The van der Waals surface area contributed by atoms with Gasteiger partial charge in [0.1, 0.15) is 6.10 Å². The Labute approximate surface area is 159 Å². The molecule has 0 radical (unpaired) electrons. The predicted octanol–water partition coefficient (Wildman–Crippen LogP) is 1.71. The minimum Gasteiger partial charge on any atom is -0.504 e. The van der Waals surface area contributed by atoms with E-state index in [1.807, 2.05) is 6.07 Å². The third kappa shape index (κ3) is 1.83. The SMILES string of the molecule is Cl.N[C@H]1CC[C@@]2(O)[C@H]3Cc4ccc(O)c5c4[C@@]2(CCN3CC2CC2)[C@H]1O5. The Kier molecular flexibility index (Phi) is 3.48. The molecule has 2 aliphatic heterocycles. The third-order valence-electron chi connectivity index (χ3n) is 7.81. The molecule has 1 aromatic rings. The maximum Gasteiger partial charge on any atom is 0.165 e. The van der Waals surface area contributed by atoms with Crippen LogP contribution in [0, 0.1) is 5.92 Å². The molecule has 0 amide bonds. The number of aliphatic hydroxyl groups is 1. The first-order valence-corrected chi connectivity index (χ1v) is 9.78. The molecule has 1 saturated heterocycles. The first-order chi connectivity index (χ1) is 12.0. The Morgan fingerprint density at radius 1 is 1.23 bits per heavy atom. The lowest BCUT2D eigenvalue weighted by molar-refractivity contribution is -0.189. The number of rotatable bonds is 2. The van der Waals surface area contributed by atoms with Crippen LogP contribution in [0.3, 0.4) is 0 Å². The van der Waals surface area contributed by atoms with E-state index in [1.165, 1.54) is 18.4 Å². The van der Waals surface area contributed by atoms with Crippen molar-refractivity contribution in [2.24, 2.45) is 11.7 Å². The molecule has 1 aromatic carbocycles. The molecule has 5 aliphatic rings. The number of halogens is 1. The van der Waals surface area contributed by atoms with Gasteiger partial charge in [-0.25, -0.2) is 0 Å². The second kappa shape index (κ2) is 5.28. The van der Waals surface area contributed by atoms with Gasteiger partial charge < -0.3 is 20.7 Å². The number of piperidine rings is 1. The fourth-order valence-corrected chi connectivity index (χ4v) is 6.52. The molecular weight excluding hydrogens is 352 g/mol. The van der Waals surface area contributed by atoms with Gasteiger partial charge in [-0.1, -0.05) is 6.07 Å². The van der Waals surface area contributed by atoms with E-state index in [-0.39, 0.29) is 36.3 Å². The zero-order chi connectivity index (χ0) is 17.0. The van der Waals surface area contributed by atoms with Crippen molar-refractivity contribution < 1.29 is 14.9 Å². The van der Waals surface area contributed by atoms with Gasteiger partial charge in [-0.05, 0) is 62.6 Å². The Balaban J connectivity index is 0.00000150. The molecule has 2 bridgehead atoms. The fraction of sp³-hybridized carbons (Fsp3) is 0.700. The summed E-state index contributed by atoms with van der Waals surface area (Å²) in [6.45, 7) is 2.10. The normalized spacial score (nSPS) is 42.6.